The quantitative estimate of drug-likeness (QED) is 0.903. The number of ether oxygens (including phenoxy) is 1. The molecular weight excluding hydrogens is 236 g/mol. The average molecular weight is 250 g/mol. The van der Waals surface area contributed by atoms with Crippen molar-refractivity contribution in [1.82, 2.24) is 9.97 Å². The third kappa shape index (κ3) is 3.01. The Labute approximate surface area is 104 Å². The van der Waals surface area contributed by atoms with Crippen molar-refractivity contribution in [2.45, 2.75) is 19.4 Å². The van der Waals surface area contributed by atoms with Crippen LogP contribution in [0.3, 0.4) is 0 Å². The van der Waals surface area contributed by atoms with E-state index in [0.29, 0.717) is 18.0 Å². The number of nitrogens with zero attached hydrogens (tertiary/aromatic N) is 2. The molecule has 0 aromatic carbocycles. The zero-order valence-corrected chi connectivity index (χ0v) is 10.6. The van der Waals surface area contributed by atoms with Gasteiger partial charge in [0.25, 0.3) is 0 Å². The molecule has 0 bridgehead atoms. The molecular formula is C12H14N2O2S. The highest BCUT2D eigenvalue weighted by Crippen LogP contribution is 2.20. The van der Waals surface area contributed by atoms with E-state index in [1.807, 2.05) is 18.4 Å². The average Bonchev–Trinajstić information content (AvgIpc) is 2.75. The summed E-state index contributed by atoms with van der Waals surface area (Å²) in [5, 5.41) is 12.9. The normalized spacial score (nSPS) is 12.4. The molecule has 1 atom stereocenters. The van der Waals surface area contributed by atoms with Gasteiger partial charge in [-0.25, -0.2) is 9.97 Å². The van der Waals surface area contributed by atoms with Crippen molar-refractivity contribution in [3.8, 4) is 5.88 Å². The van der Waals surface area contributed by atoms with Gasteiger partial charge < -0.3 is 9.84 Å². The Morgan fingerprint density at radius 1 is 1.41 bits per heavy atom. The number of aromatic nitrogens is 2. The summed E-state index contributed by atoms with van der Waals surface area (Å²) in [6, 6.07) is 5.36. The number of hydrogen-bond acceptors (Lipinski definition) is 5. The second kappa shape index (κ2) is 5.25. The number of aliphatic hydroxyl groups excluding tert-OH is 1. The van der Waals surface area contributed by atoms with Gasteiger partial charge in [0.05, 0.1) is 17.8 Å². The topological polar surface area (TPSA) is 55.2 Å². The van der Waals surface area contributed by atoms with Crippen molar-refractivity contribution in [3.63, 3.8) is 0 Å². The fourth-order valence-corrected chi connectivity index (χ4v) is 2.31. The van der Waals surface area contributed by atoms with Gasteiger partial charge in [0.2, 0.25) is 5.88 Å². The number of rotatable bonds is 4. The summed E-state index contributed by atoms with van der Waals surface area (Å²) in [4.78, 5) is 8.52. The molecule has 17 heavy (non-hydrogen) atoms. The number of thiazole rings is 1. The standard InChI is InChI=1S/C12H14N2O2S/c1-8-7-17-12(13-8)6-10(15)9-4-3-5-11(14-9)16-2/h3-5,7,10,15H,6H2,1-2H3. The maximum Gasteiger partial charge on any atom is 0.213 e. The number of pyridine rings is 1. The lowest BCUT2D eigenvalue weighted by atomic mass is 10.2. The zero-order valence-electron chi connectivity index (χ0n) is 9.75. The first-order valence-electron chi connectivity index (χ1n) is 5.29. The molecule has 5 heteroatoms. The maximum absolute atomic E-state index is 10.1. The van der Waals surface area contributed by atoms with Crippen LogP contribution in [0.15, 0.2) is 23.6 Å². The number of aliphatic hydroxyl groups is 1. The first-order chi connectivity index (χ1) is 8.19. The summed E-state index contributed by atoms with van der Waals surface area (Å²) in [5.74, 6) is 0.511. The molecule has 0 radical (unpaired) electrons. The summed E-state index contributed by atoms with van der Waals surface area (Å²) in [6.45, 7) is 1.94. The van der Waals surface area contributed by atoms with Gasteiger partial charge in [-0.3, -0.25) is 0 Å². The van der Waals surface area contributed by atoms with Gasteiger partial charge in [0.1, 0.15) is 6.10 Å². The number of methoxy groups -OCH3 is 1. The van der Waals surface area contributed by atoms with Crippen LogP contribution in [0.2, 0.25) is 0 Å². The second-order valence-corrected chi connectivity index (χ2v) is 4.65. The first-order valence-corrected chi connectivity index (χ1v) is 6.17. The van der Waals surface area contributed by atoms with E-state index in [2.05, 4.69) is 9.97 Å². The first kappa shape index (κ1) is 12.0. The van der Waals surface area contributed by atoms with Crippen molar-refractivity contribution in [1.29, 1.82) is 0 Å². The lowest BCUT2D eigenvalue weighted by Gasteiger charge is -2.09. The monoisotopic (exact) mass is 250 g/mol. The highest BCUT2D eigenvalue weighted by Gasteiger charge is 2.12. The molecule has 1 N–H and O–H groups in total. The van der Waals surface area contributed by atoms with E-state index in [-0.39, 0.29) is 0 Å². The Morgan fingerprint density at radius 3 is 2.88 bits per heavy atom. The van der Waals surface area contributed by atoms with E-state index in [4.69, 9.17) is 4.74 Å². The van der Waals surface area contributed by atoms with Crippen LogP contribution in [-0.4, -0.2) is 22.2 Å². The third-order valence-electron chi connectivity index (χ3n) is 2.33. The maximum atomic E-state index is 10.1. The van der Waals surface area contributed by atoms with Crippen molar-refractivity contribution in [2.24, 2.45) is 0 Å². The van der Waals surface area contributed by atoms with Crippen LogP contribution in [-0.2, 0) is 6.42 Å². The van der Waals surface area contributed by atoms with Crippen LogP contribution in [0.25, 0.3) is 0 Å². The number of hydrogen-bond donors (Lipinski definition) is 1. The van der Waals surface area contributed by atoms with Gasteiger partial charge in [0.15, 0.2) is 0 Å². The summed E-state index contributed by atoms with van der Waals surface area (Å²) < 4.78 is 5.02. The summed E-state index contributed by atoms with van der Waals surface area (Å²) >= 11 is 1.55. The lowest BCUT2D eigenvalue weighted by molar-refractivity contribution is 0.172. The Morgan fingerprint density at radius 2 is 2.24 bits per heavy atom. The van der Waals surface area contributed by atoms with E-state index >= 15 is 0 Å². The van der Waals surface area contributed by atoms with Gasteiger partial charge in [-0.15, -0.1) is 11.3 Å². The molecule has 0 fully saturated rings. The van der Waals surface area contributed by atoms with E-state index in [9.17, 15) is 5.11 Å². The Kier molecular flexibility index (Phi) is 3.71. The highest BCUT2D eigenvalue weighted by atomic mass is 32.1. The lowest BCUT2D eigenvalue weighted by Crippen LogP contribution is -2.04. The summed E-state index contributed by atoms with van der Waals surface area (Å²) in [7, 11) is 1.56. The minimum Gasteiger partial charge on any atom is -0.481 e. The molecule has 0 amide bonds. The highest BCUT2D eigenvalue weighted by molar-refractivity contribution is 7.09. The van der Waals surface area contributed by atoms with Crippen LogP contribution in [0.1, 0.15) is 22.5 Å². The van der Waals surface area contributed by atoms with Gasteiger partial charge in [-0.05, 0) is 13.0 Å². The van der Waals surface area contributed by atoms with Gasteiger partial charge >= 0.3 is 0 Å². The summed E-state index contributed by atoms with van der Waals surface area (Å²) in [5.41, 5.74) is 1.59. The minimum atomic E-state index is -0.643. The fourth-order valence-electron chi connectivity index (χ4n) is 1.50. The molecule has 0 saturated heterocycles. The Hall–Kier alpha value is -1.46. The van der Waals surface area contributed by atoms with E-state index in [1.54, 1.807) is 30.6 Å². The van der Waals surface area contributed by atoms with Crippen LogP contribution >= 0.6 is 11.3 Å². The molecule has 4 nitrogen and oxygen atoms in total. The Bertz CT molecular complexity index is 499. The van der Waals surface area contributed by atoms with Crippen LogP contribution in [0.5, 0.6) is 5.88 Å². The van der Waals surface area contributed by atoms with Crippen molar-refractivity contribution < 1.29 is 9.84 Å². The van der Waals surface area contributed by atoms with Crippen molar-refractivity contribution in [2.75, 3.05) is 7.11 Å². The van der Waals surface area contributed by atoms with Crippen LogP contribution < -0.4 is 4.74 Å². The molecule has 0 aliphatic rings. The van der Waals surface area contributed by atoms with Crippen molar-refractivity contribution >= 4 is 11.3 Å². The molecule has 0 aliphatic heterocycles. The van der Waals surface area contributed by atoms with Crippen molar-refractivity contribution in [3.05, 3.63) is 40.0 Å². The van der Waals surface area contributed by atoms with E-state index in [1.165, 1.54) is 0 Å². The molecule has 0 spiro atoms. The largest absolute Gasteiger partial charge is 0.481 e. The fraction of sp³-hybridized carbons (Fsp3) is 0.333. The second-order valence-electron chi connectivity index (χ2n) is 3.71. The molecule has 2 heterocycles. The minimum absolute atomic E-state index is 0.485. The smallest absolute Gasteiger partial charge is 0.213 e. The predicted molar refractivity (Wildman–Crippen MR) is 66.3 cm³/mol. The molecule has 90 valence electrons. The van der Waals surface area contributed by atoms with E-state index < -0.39 is 6.10 Å². The summed E-state index contributed by atoms with van der Waals surface area (Å²) in [6.07, 6.45) is -0.158. The van der Waals surface area contributed by atoms with Gasteiger partial charge in [-0.2, -0.15) is 0 Å². The predicted octanol–water partition coefficient (Wildman–Crippen LogP) is 2.13. The molecule has 2 aromatic heterocycles. The van der Waals surface area contributed by atoms with Gasteiger partial charge in [-0.1, -0.05) is 6.07 Å². The van der Waals surface area contributed by atoms with Gasteiger partial charge in [0, 0.05) is 23.6 Å². The molecule has 0 aliphatic carbocycles. The number of aryl methyl sites for hydroxylation is 1. The molecule has 0 saturated carbocycles. The zero-order chi connectivity index (χ0) is 12.3. The Balaban J connectivity index is 2.11. The molecule has 2 aromatic rings. The molecule has 1 unspecified atom stereocenters. The SMILES string of the molecule is COc1cccc(C(O)Cc2nc(C)cs2)n1. The molecule has 2 rings (SSSR count). The van der Waals surface area contributed by atoms with E-state index in [0.717, 1.165) is 10.7 Å². The van der Waals surface area contributed by atoms with Crippen LogP contribution in [0, 0.1) is 6.92 Å². The third-order valence-corrected chi connectivity index (χ3v) is 3.32. The van der Waals surface area contributed by atoms with Crippen LogP contribution in [0.4, 0.5) is 0 Å².